The first-order chi connectivity index (χ1) is 4.20. The van der Waals surface area contributed by atoms with Gasteiger partial charge in [-0.3, -0.25) is 5.32 Å². The summed E-state index contributed by atoms with van der Waals surface area (Å²) in [5.74, 6) is 0. The fourth-order valence-corrected chi connectivity index (χ4v) is 0.622. The van der Waals surface area contributed by atoms with Crippen molar-refractivity contribution in [1.29, 1.82) is 0 Å². The van der Waals surface area contributed by atoms with E-state index in [0.717, 1.165) is 6.42 Å². The van der Waals surface area contributed by atoms with Crippen LogP contribution in [0.2, 0.25) is 0 Å². The molecule has 0 fully saturated rings. The van der Waals surface area contributed by atoms with E-state index in [2.05, 4.69) is 5.32 Å². The van der Waals surface area contributed by atoms with Crippen LogP contribution < -0.4 is 5.32 Å². The van der Waals surface area contributed by atoms with Gasteiger partial charge in [0.2, 0.25) is 0 Å². The van der Waals surface area contributed by atoms with E-state index in [9.17, 15) is 0 Å². The maximum Gasteiger partial charge on any atom is 0.109 e. The van der Waals surface area contributed by atoms with Gasteiger partial charge in [0.05, 0.1) is 0 Å². The summed E-state index contributed by atoms with van der Waals surface area (Å²) in [7, 11) is 1.61. The highest BCUT2D eigenvalue weighted by molar-refractivity contribution is 4.51. The lowest BCUT2D eigenvalue weighted by Crippen LogP contribution is -2.36. The molecule has 0 radical (unpaired) electrons. The van der Waals surface area contributed by atoms with Crippen molar-refractivity contribution in [3.63, 3.8) is 0 Å². The fraction of sp³-hybridized carbons (Fsp3) is 1.00. The highest BCUT2D eigenvalue weighted by atomic mass is 16.5. The number of aliphatic hydroxyl groups excluding tert-OH is 1. The molecule has 0 heterocycles. The Bertz CT molecular complexity index is 62.1. The zero-order valence-corrected chi connectivity index (χ0v) is 6.22. The van der Waals surface area contributed by atoms with Crippen molar-refractivity contribution in [1.82, 2.24) is 5.32 Å². The topological polar surface area (TPSA) is 41.5 Å². The minimum atomic E-state index is -0.491. The maximum absolute atomic E-state index is 8.79. The van der Waals surface area contributed by atoms with Crippen LogP contribution in [-0.2, 0) is 4.74 Å². The Labute approximate surface area is 56.0 Å². The standard InChI is InChI=1S/C6H15NO2/c1-4-6(9-3)7-5(2)8/h5-8H,4H2,1-3H3. The largest absolute Gasteiger partial charge is 0.379 e. The van der Waals surface area contributed by atoms with E-state index >= 15 is 0 Å². The number of rotatable bonds is 4. The predicted molar refractivity (Wildman–Crippen MR) is 35.9 cm³/mol. The second kappa shape index (κ2) is 4.73. The smallest absolute Gasteiger partial charge is 0.109 e. The van der Waals surface area contributed by atoms with Crippen LogP contribution >= 0.6 is 0 Å². The molecule has 0 amide bonds. The average molecular weight is 133 g/mol. The molecule has 0 bridgehead atoms. The molecule has 0 aliphatic rings. The summed E-state index contributed by atoms with van der Waals surface area (Å²) in [5.41, 5.74) is 0. The van der Waals surface area contributed by atoms with Crippen LogP contribution in [0, 0.1) is 0 Å². The van der Waals surface area contributed by atoms with E-state index in [1.807, 2.05) is 6.92 Å². The number of hydrogen-bond acceptors (Lipinski definition) is 3. The number of ether oxygens (including phenoxy) is 1. The number of hydrogen-bond donors (Lipinski definition) is 2. The third kappa shape index (κ3) is 4.39. The molecule has 9 heavy (non-hydrogen) atoms. The van der Waals surface area contributed by atoms with Crippen LogP contribution in [0.25, 0.3) is 0 Å². The van der Waals surface area contributed by atoms with Crippen molar-refractivity contribution in [2.45, 2.75) is 32.7 Å². The first-order valence-corrected chi connectivity index (χ1v) is 3.17. The minimum Gasteiger partial charge on any atom is -0.379 e. The van der Waals surface area contributed by atoms with Crippen molar-refractivity contribution in [2.24, 2.45) is 0 Å². The van der Waals surface area contributed by atoms with Gasteiger partial charge in [-0.25, -0.2) is 0 Å². The summed E-state index contributed by atoms with van der Waals surface area (Å²) >= 11 is 0. The van der Waals surface area contributed by atoms with E-state index in [1.54, 1.807) is 14.0 Å². The summed E-state index contributed by atoms with van der Waals surface area (Å²) < 4.78 is 4.94. The van der Waals surface area contributed by atoms with E-state index < -0.39 is 6.23 Å². The van der Waals surface area contributed by atoms with E-state index in [0.29, 0.717) is 0 Å². The SMILES string of the molecule is CCC(NC(C)O)OC. The first-order valence-electron chi connectivity index (χ1n) is 3.17. The summed E-state index contributed by atoms with van der Waals surface area (Å²) in [6, 6.07) is 0. The Kier molecular flexibility index (Phi) is 4.67. The zero-order valence-electron chi connectivity index (χ0n) is 6.22. The molecule has 3 heteroatoms. The summed E-state index contributed by atoms with van der Waals surface area (Å²) in [6.07, 6.45) is 0.349. The summed E-state index contributed by atoms with van der Waals surface area (Å²) in [4.78, 5) is 0. The third-order valence-electron chi connectivity index (χ3n) is 1.08. The van der Waals surface area contributed by atoms with Gasteiger partial charge in [-0.2, -0.15) is 0 Å². The van der Waals surface area contributed by atoms with Crippen LogP contribution in [0.1, 0.15) is 20.3 Å². The molecule has 0 saturated carbocycles. The van der Waals surface area contributed by atoms with Gasteiger partial charge in [0.15, 0.2) is 0 Å². The van der Waals surface area contributed by atoms with Crippen LogP contribution in [0.4, 0.5) is 0 Å². The Hall–Kier alpha value is -0.120. The van der Waals surface area contributed by atoms with Crippen molar-refractivity contribution in [3.05, 3.63) is 0 Å². The van der Waals surface area contributed by atoms with Crippen LogP contribution in [0.5, 0.6) is 0 Å². The molecule has 3 nitrogen and oxygen atoms in total. The summed E-state index contributed by atoms with van der Waals surface area (Å²) in [5, 5.41) is 11.6. The molecule has 0 rings (SSSR count). The molecular formula is C6H15NO2. The van der Waals surface area contributed by atoms with Gasteiger partial charge in [0.1, 0.15) is 12.5 Å². The molecule has 0 aromatic carbocycles. The van der Waals surface area contributed by atoms with Gasteiger partial charge in [-0.15, -0.1) is 0 Å². The highest BCUT2D eigenvalue weighted by Gasteiger charge is 2.03. The predicted octanol–water partition coefficient (Wildman–Crippen LogP) is 0.297. The van der Waals surface area contributed by atoms with Gasteiger partial charge >= 0.3 is 0 Å². The van der Waals surface area contributed by atoms with E-state index in [1.165, 1.54) is 0 Å². The van der Waals surface area contributed by atoms with E-state index in [-0.39, 0.29) is 6.23 Å². The normalized spacial score (nSPS) is 17.3. The maximum atomic E-state index is 8.79. The fourth-order valence-electron chi connectivity index (χ4n) is 0.622. The number of methoxy groups -OCH3 is 1. The quantitative estimate of drug-likeness (QED) is 0.542. The van der Waals surface area contributed by atoms with Crippen LogP contribution in [0.3, 0.4) is 0 Å². The second-order valence-corrected chi connectivity index (χ2v) is 1.98. The van der Waals surface area contributed by atoms with Crippen molar-refractivity contribution in [3.8, 4) is 0 Å². The Morgan fingerprint density at radius 2 is 2.22 bits per heavy atom. The van der Waals surface area contributed by atoms with E-state index in [4.69, 9.17) is 9.84 Å². The first kappa shape index (κ1) is 8.88. The molecule has 0 aromatic rings. The monoisotopic (exact) mass is 133 g/mol. The molecule has 2 unspecified atom stereocenters. The summed E-state index contributed by atoms with van der Waals surface area (Å²) in [6.45, 7) is 3.66. The van der Waals surface area contributed by atoms with Crippen LogP contribution in [0.15, 0.2) is 0 Å². The molecule has 2 atom stereocenters. The van der Waals surface area contributed by atoms with Gasteiger partial charge in [0, 0.05) is 7.11 Å². The van der Waals surface area contributed by atoms with Crippen molar-refractivity contribution >= 4 is 0 Å². The molecule has 56 valence electrons. The van der Waals surface area contributed by atoms with Gasteiger partial charge < -0.3 is 9.84 Å². The zero-order chi connectivity index (χ0) is 7.28. The molecular weight excluding hydrogens is 118 g/mol. The third-order valence-corrected chi connectivity index (χ3v) is 1.08. The Morgan fingerprint density at radius 3 is 2.33 bits per heavy atom. The second-order valence-electron chi connectivity index (χ2n) is 1.98. The van der Waals surface area contributed by atoms with Gasteiger partial charge in [-0.05, 0) is 13.3 Å². The van der Waals surface area contributed by atoms with Gasteiger partial charge in [-0.1, -0.05) is 6.92 Å². The lowest BCUT2D eigenvalue weighted by Gasteiger charge is -2.16. The van der Waals surface area contributed by atoms with Gasteiger partial charge in [0.25, 0.3) is 0 Å². The molecule has 0 saturated heterocycles. The number of nitrogens with one attached hydrogen (secondary N) is 1. The lowest BCUT2D eigenvalue weighted by molar-refractivity contribution is 0.0170. The Balaban J connectivity index is 3.31. The van der Waals surface area contributed by atoms with Crippen molar-refractivity contribution in [2.75, 3.05) is 7.11 Å². The molecule has 0 aromatic heterocycles. The van der Waals surface area contributed by atoms with Crippen LogP contribution in [-0.4, -0.2) is 24.7 Å². The molecule has 0 spiro atoms. The van der Waals surface area contributed by atoms with Crippen molar-refractivity contribution < 1.29 is 9.84 Å². The number of aliphatic hydroxyl groups is 1. The molecule has 2 N–H and O–H groups in total. The molecule has 0 aliphatic carbocycles. The highest BCUT2D eigenvalue weighted by Crippen LogP contribution is 1.91. The lowest BCUT2D eigenvalue weighted by atomic mass is 10.4. The minimum absolute atomic E-state index is 0.0231. The Morgan fingerprint density at radius 1 is 1.67 bits per heavy atom. The molecule has 0 aliphatic heterocycles. The average Bonchev–Trinajstić information content (AvgIpc) is 1.82.